The van der Waals surface area contributed by atoms with Crippen molar-refractivity contribution in [2.45, 2.75) is 36.4 Å². The molecular formula is C100H85BrCl8F4N12O4. The van der Waals surface area contributed by atoms with Crippen molar-refractivity contribution < 1.29 is 37.4 Å². The number of β-amino-alcohol motifs (C(OH)–C–C–N with tert-alkyl or cyclic N) is 2. The molecule has 0 saturated carbocycles. The van der Waals surface area contributed by atoms with Crippen LogP contribution in [0.5, 0.6) is 0 Å². The molecule has 0 spiro atoms. The van der Waals surface area contributed by atoms with Gasteiger partial charge in [-0.2, -0.15) is 21.0 Å². The number of halogens is 13. The Balaban J connectivity index is 0.000000151. The molecule has 29 heteroatoms. The number of carbonyl (C=O) groups excluding carboxylic acids is 2. The van der Waals surface area contributed by atoms with Gasteiger partial charge in [-0.15, -0.1) is 0 Å². The highest BCUT2D eigenvalue weighted by molar-refractivity contribution is 9.09. The molecule has 4 aliphatic rings. The molecule has 4 fully saturated rings. The van der Waals surface area contributed by atoms with E-state index in [1.807, 2.05) is 127 Å². The maximum absolute atomic E-state index is 13.2. The quantitative estimate of drug-likeness (QED) is 0.0391. The van der Waals surface area contributed by atoms with Crippen molar-refractivity contribution >= 4 is 143 Å². The van der Waals surface area contributed by atoms with Gasteiger partial charge >= 0.3 is 0 Å². The van der Waals surface area contributed by atoms with Crippen LogP contribution in [-0.2, 0) is 0 Å². The van der Waals surface area contributed by atoms with Gasteiger partial charge in [0, 0.05) is 123 Å². The molecule has 129 heavy (non-hydrogen) atoms. The molecule has 3 N–H and O–H groups in total. The maximum atomic E-state index is 13.2. The van der Waals surface area contributed by atoms with E-state index in [1.54, 1.807) is 66.7 Å². The highest BCUT2D eigenvalue weighted by Crippen LogP contribution is 2.42. The number of rotatable bonds is 19. The van der Waals surface area contributed by atoms with E-state index in [-0.39, 0.29) is 70.9 Å². The average Bonchev–Trinajstić information content (AvgIpc) is 0.797. The van der Waals surface area contributed by atoms with Gasteiger partial charge in [0.05, 0.1) is 138 Å². The normalized spacial score (nSPS) is 16.8. The number of ketones is 2. The number of Topliss-reactive ketones (excluding diaryl/α,β-unsaturated/α-hetero) is 2. The van der Waals surface area contributed by atoms with Crippen LogP contribution in [0.25, 0.3) is 0 Å². The molecule has 0 radical (unpaired) electrons. The summed E-state index contributed by atoms with van der Waals surface area (Å²) >= 11 is 53.3. The molecule has 4 saturated heterocycles. The van der Waals surface area contributed by atoms with Gasteiger partial charge in [0.15, 0.2) is 11.6 Å². The molecular weight excluding hydrogens is 1870 g/mol. The Bertz CT molecular complexity index is 5810. The second-order valence-electron chi connectivity index (χ2n) is 30.7. The number of hydrogen-bond acceptors (Lipinski definition) is 16. The third kappa shape index (κ3) is 26.8. The SMILES string of the molecule is N#Cc1ccc(N2CCN(CC(=O)c3ccc(F)cc3)C[C@H]2c2ccc(Cl)cc2)c(Cl)c1.N#Cc1ccc(N2CCN(C[C@@H](O)c3ccc(F)cc3)C[C@H]2c2ccc(Cl)cc2)c(Cl)c1.N#Cc1ccc(N2CCN(C[C@H](O)c3ccc(F)cc3)C[C@H]2c2ccc(Cl)cc2)c(Cl)c1.N#Cc1ccc(N2CCNC[C@H]2c2ccc(Cl)cc2)c(Cl)c1.O=C(CBr)c1ccc(F)cc1. The summed E-state index contributed by atoms with van der Waals surface area (Å²) in [4.78, 5) is 39.1. The number of aliphatic hydroxyl groups excluding tert-OH is 2. The van der Waals surface area contributed by atoms with Crippen LogP contribution in [0.1, 0.15) is 113 Å². The zero-order valence-electron chi connectivity index (χ0n) is 69.2. The summed E-state index contributed by atoms with van der Waals surface area (Å²) in [5.41, 5.74) is 12.4. The smallest absolute Gasteiger partial charge is 0.176 e. The van der Waals surface area contributed by atoms with Crippen LogP contribution in [0.15, 0.2) is 267 Å². The van der Waals surface area contributed by atoms with Gasteiger partial charge in [-0.3, -0.25) is 24.3 Å². The Labute approximate surface area is 796 Å². The Morgan fingerprint density at radius 1 is 0.357 bits per heavy atom. The molecule has 0 bridgehead atoms. The highest BCUT2D eigenvalue weighted by atomic mass is 79.9. The zero-order chi connectivity index (χ0) is 91.8. The number of nitrogens with one attached hydrogen (secondary N) is 1. The van der Waals surface area contributed by atoms with E-state index in [1.165, 1.54) is 78.4 Å². The number of aliphatic hydroxyl groups is 2. The molecule has 6 atom stereocenters. The summed E-state index contributed by atoms with van der Waals surface area (Å²) in [7, 11) is 0. The number of nitrogens with zero attached hydrogens (tertiary/aromatic N) is 11. The molecule has 0 aromatic heterocycles. The van der Waals surface area contributed by atoms with E-state index >= 15 is 0 Å². The van der Waals surface area contributed by atoms with Gasteiger partial charge in [0.25, 0.3) is 0 Å². The van der Waals surface area contributed by atoms with Crippen molar-refractivity contribution in [3.8, 4) is 24.3 Å². The predicted molar refractivity (Wildman–Crippen MR) is 511 cm³/mol. The molecule has 660 valence electrons. The van der Waals surface area contributed by atoms with Gasteiger partial charge in [0.1, 0.15) is 23.3 Å². The molecule has 4 heterocycles. The van der Waals surface area contributed by atoms with Crippen LogP contribution in [-0.4, -0.2) is 140 Å². The molecule has 0 unspecified atom stereocenters. The van der Waals surface area contributed by atoms with Crippen LogP contribution < -0.4 is 24.9 Å². The van der Waals surface area contributed by atoms with E-state index in [4.69, 9.17) is 114 Å². The lowest BCUT2D eigenvalue weighted by molar-refractivity contribution is 0.0913. The molecule has 16 nitrogen and oxygen atoms in total. The fourth-order valence-electron chi connectivity index (χ4n) is 15.7. The molecule has 12 aromatic carbocycles. The van der Waals surface area contributed by atoms with E-state index in [0.29, 0.717) is 139 Å². The number of alkyl halides is 1. The summed E-state index contributed by atoms with van der Waals surface area (Å²) in [5, 5.41) is 66.4. The Kier molecular flexibility index (Phi) is 35.7. The first kappa shape index (κ1) is 97.5. The lowest BCUT2D eigenvalue weighted by atomic mass is 10.00. The second kappa shape index (κ2) is 47.3. The number of carbonyl (C=O) groups is 2. The van der Waals surface area contributed by atoms with Crippen LogP contribution in [0.2, 0.25) is 40.2 Å². The van der Waals surface area contributed by atoms with Gasteiger partial charge in [-0.25, -0.2) is 17.6 Å². The first-order valence-corrected chi connectivity index (χ1v) is 45.2. The van der Waals surface area contributed by atoms with Gasteiger partial charge in [-0.05, 0) is 228 Å². The number of nitriles is 4. The summed E-state index contributed by atoms with van der Waals surface area (Å²) < 4.78 is 52.0. The largest absolute Gasteiger partial charge is 0.387 e. The number of anilines is 4. The fraction of sp³-hybridized carbons (Fsp3) is 0.220. The molecule has 4 aliphatic heterocycles. The number of hydrogen-bond donors (Lipinski definition) is 3. The van der Waals surface area contributed by atoms with Gasteiger partial charge in [0.2, 0.25) is 0 Å². The second-order valence-corrected chi connectivity index (χ2v) is 34.7. The van der Waals surface area contributed by atoms with Crippen LogP contribution in [0.3, 0.4) is 0 Å². The Morgan fingerprint density at radius 3 is 0.922 bits per heavy atom. The van der Waals surface area contributed by atoms with Crippen molar-refractivity contribution in [2.75, 3.05) is 123 Å². The summed E-state index contributed by atoms with van der Waals surface area (Å²) in [6, 6.07) is 84.0. The lowest BCUT2D eigenvalue weighted by Gasteiger charge is -2.44. The zero-order valence-corrected chi connectivity index (χ0v) is 76.9. The van der Waals surface area contributed by atoms with E-state index < -0.39 is 12.2 Å². The average molecular weight is 1960 g/mol. The van der Waals surface area contributed by atoms with Gasteiger partial charge in [-0.1, -0.05) is 182 Å². The topological polar surface area (TPSA) is 204 Å². The van der Waals surface area contributed by atoms with E-state index in [2.05, 4.69) is 79.8 Å². The summed E-state index contributed by atoms with van der Waals surface area (Å²) in [5.74, 6) is -1.42. The Hall–Kier alpha value is -10.6. The minimum absolute atomic E-state index is 0.0214. The minimum atomic E-state index is -0.716. The van der Waals surface area contributed by atoms with Crippen molar-refractivity contribution in [3.05, 3.63) is 397 Å². The van der Waals surface area contributed by atoms with Gasteiger partial charge < -0.3 is 35.1 Å². The standard InChI is InChI=1S/2C25H22Cl2FN3O.C25H20Cl2FN3O.C17H15Cl2N3.C8H6BrFO/c3*26-20-6-2-18(3-7-20)24-15-30(16-25(32)19-4-8-21(28)9-5-19)11-12-31(24)23-10-1-17(14-29)13-22(23)27;18-14-4-2-13(3-5-14)17-11-21-7-8-22(17)16-6-1-12(10-20)9-15(16)19;9-5-8(11)6-1-3-7(10)4-2-6/h2*1-10,13,24-25,32H,11-12,15-16H2;1-10,13,24H,11-12,15-16H2;1-6,9,17,21H,7-8,11H2;1-4H,5H2/t24-,25+;24-,25-;24-;17-;/m0000./s1. The number of benzene rings is 12. The molecule has 0 aliphatic carbocycles. The molecule has 0 amide bonds. The van der Waals surface area contributed by atoms with Crippen molar-refractivity contribution in [3.63, 3.8) is 0 Å². The minimum Gasteiger partial charge on any atom is -0.387 e. The summed E-state index contributed by atoms with van der Waals surface area (Å²) in [6.07, 6.45) is -1.43. The monoisotopic (exact) mass is 1950 g/mol. The fourth-order valence-corrected chi connectivity index (χ4v) is 17.7. The Morgan fingerprint density at radius 2 is 0.628 bits per heavy atom. The van der Waals surface area contributed by atoms with Crippen molar-refractivity contribution in [2.24, 2.45) is 0 Å². The van der Waals surface area contributed by atoms with Crippen molar-refractivity contribution in [1.82, 2.24) is 20.0 Å². The third-order valence-corrected chi connectivity index (χ3v) is 25.1. The molecule has 12 aromatic rings. The predicted octanol–water partition coefficient (Wildman–Crippen LogP) is 23.4. The molecule has 16 rings (SSSR count). The lowest BCUT2D eigenvalue weighted by Crippen LogP contribution is -2.50. The third-order valence-electron chi connectivity index (χ3n) is 22.4. The van der Waals surface area contributed by atoms with E-state index in [9.17, 15) is 37.4 Å². The highest BCUT2D eigenvalue weighted by Gasteiger charge is 2.36. The maximum Gasteiger partial charge on any atom is 0.176 e. The van der Waals surface area contributed by atoms with Crippen LogP contribution >= 0.6 is 109 Å². The van der Waals surface area contributed by atoms with E-state index in [0.717, 1.165) is 77.2 Å². The van der Waals surface area contributed by atoms with Crippen LogP contribution in [0, 0.1) is 68.6 Å². The summed E-state index contributed by atoms with van der Waals surface area (Å²) in [6.45, 7) is 9.78. The van der Waals surface area contributed by atoms with Crippen LogP contribution in [0.4, 0.5) is 40.3 Å². The first-order chi connectivity index (χ1) is 62.2. The van der Waals surface area contributed by atoms with Crippen molar-refractivity contribution in [1.29, 1.82) is 21.0 Å². The first-order valence-electron chi connectivity index (χ1n) is 41.0. The number of piperazine rings is 4.